The van der Waals surface area contributed by atoms with Crippen LogP contribution < -0.4 is 15.1 Å². The van der Waals surface area contributed by atoms with Crippen molar-refractivity contribution in [3.8, 4) is 17.6 Å². The van der Waals surface area contributed by atoms with E-state index >= 15 is 0 Å². The molecular formula is C23H31N2O3P. The third kappa shape index (κ3) is 5.85. The van der Waals surface area contributed by atoms with Crippen molar-refractivity contribution in [3.05, 3.63) is 47.2 Å². The molecule has 6 heteroatoms. The lowest BCUT2D eigenvalue weighted by atomic mass is 10.1. The Balaban J connectivity index is 2.45. The average molecular weight is 414 g/mol. The van der Waals surface area contributed by atoms with Gasteiger partial charge in [0, 0.05) is 36.6 Å². The summed E-state index contributed by atoms with van der Waals surface area (Å²) in [6.07, 6.45) is 0.739. The van der Waals surface area contributed by atoms with E-state index in [2.05, 4.69) is 35.6 Å². The van der Waals surface area contributed by atoms with E-state index in [4.69, 9.17) is 9.26 Å². The van der Waals surface area contributed by atoms with Gasteiger partial charge in [-0.3, -0.25) is 4.57 Å². The van der Waals surface area contributed by atoms with E-state index in [-0.39, 0.29) is 0 Å². The Bertz CT molecular complexity index is 943. The zero-order valence-corrected chi connectivity index (χ0v) is 19.2. The minimum absolute atomic E-state index is 0.382. The van der Waals surface area contributed by atoms with Gasteiger partial charge in [-0.1, -0.05) is 18.8 Å². The van der Waals surface area contributed by atoms with Gasteiger partial charge in [0.2, 0.25) is 7.37 Å². The second-order valence-electron chi connectivity index (χ2n) is 6.63. The highest BCUT2D eigenvalue weighted by atomic mass is 31.2. The van der Waals surface area contributed by atoms with E-state index < -0.39 is 7.37 Å². The van der Waals surface area contributed by atoms with Crippen molar-refractivity contribution >= 4 is 18.5 Å². The van der Waals surface area contributed by atoms with Gasteiger partial charge in [0.25, 0.3) is 0 Å². The van der Waals surface area contributed by atoms with Crippen molar-refractivity contribution in [1.29, 1.82) is 0 Å². The van der Waals surface area contributed by atoms with Gasteiger partial charge in [0.15, 0.2) is 0 Å². The molecule has 2 rings (SSSR count). The number of ether oxygens (including phenoxy) is 1. The number of anilines is 1. The first-order chi connectivity index (χ1) is 13.9. The topological polar surface area (TPSA) is 51.7 Å². The van der Waals surface area contributed by atoms with Crippen LogP contribution in [0.15, 0.2) is 30.3 Å². The zero-order valence-electron chi connectivity index (χ0n) is 18.3. The molecule has 0 aliphatic carbocycles. The predicted octanol–water partition coefficient (Wildman–Crippen LogP) is 4.47. The monoisotopic (exact) mass is 414 g/mol. The Kier molecular flexibility index (Phi) is 8.32. The van der Waals surface area contributed by atoms with Gasteiger partial charge >= 0.3 is 0 Å². The highest BCUT2D eigenvalue weighted by Crippen LogP contribution is 2.40. The molecule has 0 bridgehead atoms. The number of rotatable bonds is 8. The quantitative estimate of drug-likeness (QED) is 0.471. The average Bonchev–Trinajstić information content (AvgIpc) is 2.73. The lowest BCUT2D eigenvalue weighted by molar-refractivity contribution is 0.344. The number of hydrogen-bond donors (Lipinski definition) is 0. The number of nitrogens with zero attached hydrogens (tertiary/aromatic N) is 2. The fraction of sp³-hybridized carbons (Fsp3) is 0.435. The van der Waals surface area contributed by atoms with Gasteiger partial charge in [0.05, 0.1) is 19.4 Å². The van der Waals surface area contributed by atoms with Crippen LogP contribution in [0.3, 0.4) is 0 Å². The van der Waals surface area contributed by atoms with Crippen LogP contribution in [0.5, 0.6) is 5.75 Å². The van der Waals surface area contributed by atoms with Crippen LogP contribution in [-0.2, 0) is 15.5 Å². The second kappa shape index (κ2) is 10.5. The summed E-state index contributed by atoms with van der Waals surface area (Å²) in [6, 6.07) is 9.66. The number of pyridine rings is 1. The fourth-order valence-electron chi connectivity index (χ4n) is 3.07. The van der Waals surface area contributed by atoms with E-state index in [9.17, 15) is 4.57 Å². The van der Waals surface area contributed by atoms with Crippen LogP contribution in [0.25, 0.3) is 0 Å². The molecule has 0 radical (unpaired) electrons. The van der Waals surface area contributed by atoms with Crippen LogP contribution in [0.2, 0.25) is 0 Å². The van der Waals surface area contributed by atoms with E-state index in [1.165, 1.54) is 0 Å². The van der Waals surface area contributed by atoms with Gasteiger partial charge in [0.1, 0.15) is 11.2 Å². The molecule has 1 unspecified atom stereocenters. The highest BCUT2D eigenvalue weighted by molar-refractivity contribution is 7.65. The molecule has 29 heavy (non-hydrogen) atoms. The Hall–Kier alpha value is -2.28. The Morgan fingerprint density at radius 3 is 2.31 bits per heavy atom. The van der Waals surface area contributed by atoms with Crippen molar-refractivity contribution < 1.29 is 13.8 Å². The fourth-order valence-corrected chi connectivity index (χ4v) is 4.38. The van der Waals surface area contributed by atoms with Crippen LogP contribution in [-0.4, -0.2) is 38.5 Å². The van der Waals surface area contributed by atoms with E-state index in [1.807, 2.05) is 38.1 Å². The maximum absolute atomic E-state index is 12.8. The van der Waals surface area contributed by atoms with E-state index in [0.717, 1.165) is 47.8 Å². The minimum Gasteiger partial charge on any atom is -0.495 e. The largest absolute Gasteiger partial charge is 0.495 e. The SMILES string of the molecule is CCOP(C)(=O)c1cc(C#Cc2ccc(OC)c(N(CC)CC)c2)cc(CC)n1. The third-order valence-electron chi connectivity index (χ3n) is 4.65. The molecule has 0 fully saturated rings. The molecule has 156 valence electrons. The summed E-state index contributed by atoms with van der Waals surface area (Å²) in [6.45, 7) is 11.9. The van der Waals surface area contributed by atoms with E-state index in [0.29, 0.717) is 12.0 Å². The maximum Gasteiger partial charge on any atom is 0.247 e. The number of methoxy groups -OCH3 is 1. The summed E-state index contributed by atoms with van der Waals surface area (Å²) in [5.74, 6) is 7.27. The molecule has 0 aliphatic rings. The van der Waals surface area contributed by atoms with Crippen LogP contribution in [0.1, 0.15) is 44.5 Å². The number of benzene rings is 1. The summed E-state index contributed by atoms with van der Waals surface area (Å²) in [5.41, 5.74) is 4.04. The lowest BCUT2D eigenvalue weighted by Crippen LogP contribution is -2.22. The summed E-state index contributed by atoms with van der Waals surface area (Å²) in [7, 11) is -1.27. The minimum atomic E-state index is -2.95. The van der Waals surface area contributed by atoms with Crippen molar-refractivity contribution in [2.24, 2.45) is 0 Å². The van der Waals surface area contributed by atoms with Gasteiger partial charge in [-0.2, -0.15) is 0 Å². The molecule has 1 atom stereocenters. The smallest absolute Gasteiger partial charge is 0.247 e. The predicted molar refractivity (Wildman–Crippen MR) is 121 cm³/mol. The summed E-state index contributed by atoms with van der Waals surface area (Å²) < 4.78 is 23.8. The van der Waals surface area contributed by atoms with Crippen molar-refractivity contribution in [2.75, 3.05) is 38.4 Å². The second-order valence-corrected chi connectivity index (χ2v) is 9.04. The molecule has 0 saturated heterocycles. The molecule has 5 nitrogen and oxygen atoms in total. The van der Waals surface area contributed by atoms with Crippen molar-refractivity contribution in [1.82, 2.24) is 4.98 Å². The molecular weight excluding hydrogens is 383 g/mol. The van der Waals surface area contributed by atoms with Gasteiger partial charge in [-0.25, -0.2) is 4.98 Å². The first-order valence-electron chi connectivity index (χ1n) is 10.1. The number of aryl methyl sites for hydroxylation is 1. The molecule has 1 aromatic carbocycles. The highest BCUT2D eigenvalue weighted by Gasteiger charge is 2.21. The van der Waals surface area contributed by atoms with Crippen molar-refractivity contribution in [2.45, 2.75) is 34.1 Å². The summed E-state index contributed by atoms with van der Waals surface area (Å²) >= 11 is 0. The number of aromatic nitrogens is 1. The van der Waals surface area contributed by atoms with Gasteiger partial charge in [-0.05, 0) is 57.5 Å². The third-order valence-corrected chi connectivity index (χ3v) is 6.47. The molecule has 0 saturated carbocycles. The van der Waals surface area contributed by atoms with Crippen molar-refractivity contribution in [3.63, 3.8) is 0 Å². The zero-order chi connectivity index (χ0) is 21.4. The molecule has 1 aromatic heterocycles. The summed E-state index contributed by atoms with van der Waals surface area (Å²) in [5, 5.41) is 0. The molecule has 0 spiro atoms. The van der Waals surface area contributed by atoms with Crippen LogP contribution >= 0.6 is 7.37 Å². The van der Waals surface area contributed by atoms with Crippen LogP contribution in [0, 0.1) is 11.8 Å². The molecule has 0 N–H and O–H groups in total. The first kappa shape index (κ1) is 23.0. The first-order valence-corrected chi connectivity index (χ1v) is 12.1. The van der Waals surface area contributed by atoms with Crippen LogP contribution in [0.4, 0.5) is 5.69 Å². The molecule has 2 aromatic rings. The molecule has 0 amide bonds. The Morgan fingerprint density at radius 2 is 1.72 bits per heavy atom. The molecule has 1 heterocycles. The van der Waals surface area contributed by atoms with Gasteiger partial charge in [-0.15, -0.1) is 0 Å². The lowest BCUT2D eigenvalue weighted by Gasteiger charge is -2.23. The van der Waals surface area contributed by atoms with E-state index in [1.54, 1.807) is 19.8 Å². The maximum atomic E-state index is 12.8. The number of hydrogen-bond acceptors (Lipinski definition) is 5. The standard InChI is InChI=1S/C23H31N2O3P/c1-7-20-15-19(17-23(24-20)29(6,26)28-10-4)12-11-18-13-14-22(27-5)21(16-18)25(8-2)9-3/h13-17H,7-10H2,1-6H3. The Labute approximate surface area is 174 Å². The molecule has 0 aliphatic heterocycles. The van der Waals surface area contributed by atoms with Gasteiger partial charge < -0.3 is 14.2 Å². The Morgan fingerprint density at radius 1 is 1.03 bits per heavy atom. The normalized spacial score (nSPS) is 12.6. The summed E-state index contributed by atoms with van der Waals surface area (Å²) in [4.78, 5) is 6.74.